The summed E-state index contributed by atoms with van der Waals surface area (Å²) in [6.07, 6.45) is 7.55. The van der Waals surface area contributed by atoms with Crippen molar-refractivity contribution in [3.63, 3.8) is 0 Å². The number of hydrogen-bond donors (Lipinski definition) is 1. The standard InChI is InChI=1S/C9H13N3/c1-9(2-3-9)8(10)7-6-11-4-5-12-7/h4-6,8H,2-3,10H2,1H3. The molecule has 3 heteroatoms. The SMILES string of the molecule is CC1(C(N)c2cnccn2)CC1. The topological polar surface area (TPSA) is 51.8 Å². The van der Waals surface area contributed by atoms with Crippen LogP contribution >= 0.6 is 0 Å². The van der Waals surface area contributed by atoms with Crippen LogP contribution in [0.1, 0.15) is 31.5 Å². The summed E-state index contributed by atoms with van der Waals surface area (Å²) in [4.78, 5) is 8.20. The summed E-state index contributed by atoms with van der Waals surface area (Å²) >= 11 is 0. The molecule has 0 radical (unpaired) electrons. The third-order valence-electron chi connectivity index (χ3n) is 2.69. The van der Waals surface area contributed by atoms with Gasteiger partial charge in [-0.3, -0.25) is 9.97 Å². The summed E-state index contributed by atoms with van der Waals surface area (Å²) < 4.78 is 0. The van der Waals surface area contributed by atoms with E-state index in [1.54, 1.807) is 18.6 Å². The van der Waals surface area contributed by atoms with Gasteiger partial charge in [0.05, 0.1) is 11.7 Å². The molecule has 0 saturated heterocycles. The summed E-state index contributed by atoms with van der Waals surface area (Å²) in [5, 5.41) is 0. The molecule has 2 rings (SSSR count). The maximum Gasteiger partial charge on any atom is 0.0759 e. The summed E-state index contributed by atoms with van der Waals surface area (Å²) in [5.74, 6) is 0. The molecule has 1 fully saturated rings. The van der Waals surface area contributed by atoms with Gasteiger partial charge in [-0.2, -0.15) is 0 Å². The van der Waals surface area contributed by atoms with Gasteiger partial charge in [-0.15, -0.1) is 0 Å². The van der Waals surface area contributed by atoms with Crippen molar-refractivity contribution in [2.75, 3.05) is 0 Å². The average molecular weight is 163 g/mol. The molecule has 1 aromatic rings. The van der Waals surface area contributed by atoms with E-state index in [1.165, 1.54) is 12.8 Å². The zero-order chi connectivity index (χ0) is 8.60. The minimum absolute atomic E-state index is 0.0613. The van der Waals surface area contributed by atoms with E-state index in [2.05, 4.69) is 16.9 Å². The smallest absolute Gasteiger partial charge is 0.0759 e. The van der Waals surface area contributed by atoms with Gasteiger partial charge in [0.1, 0.15) is 0 Å². The Labute approximate surface area is 72.0 Å². The second kappa shape index (κ2) is 2.52. The van der Waals surface area contributed by atoms with Crippen LogP contribution in [0, 0.1) is 5.41 Å². The van der Waals surface area contributed by atoms with Gasteiger partial charge in [-0.25, -0.2) is 0 Å². The number of nitrogens with two attached hydrogens (primary N) is 1. The fourth-order valence-corrected chi connectivity index (χ4v) is 1.34. The molecule has 1 aromatic heterocycles. The van der Waals surface area contributed by atoms with Gasteiger partial charge in [0.25, 0.3) is 0 Å². The lowest BCUT2D eigenvalue weighted by molar-refractivity contribution is 0.440. The minimum atomic E-state index is 0.0613. The fourth-order valence-electron chi connectivity index (χ4n) is 1.34. The predicted molar refractivity (Wildman–Crippen MR) is 46.3 cm³/mol. The molecular formula is C9H13N3. The first-order valence-electron chi connectivity index (χ1n) is 4.24. The Bertz CT molecular complexity index is 266. The Morgan fingerprint density at radius 3 is 2.75 bits per heavy atom. The van der Waals surface area contributed by atoms with Crippen LogP contribution in [-0.2, 0) is 0 Å². The van der Waals surface area contributed by atoms with E-state index < -0.39 is 0 Å². The van der Waals surface area contributed by atoms with E-state index in [4.69, 9.17) is 5.73 Å². The van der Waals surface area contributed by atoms with Crippen molar-refractivity contribution < 1.29 is 0 Å². The van der Waals surface area contributed by atoms with Gasteiger partial charge in [-0.1, -0.05) is 6.92 Å². The van der Waals surface area contributed by atoms with Crippen molar-refractivity contribution in [3.05, 3.63) is 24.3 Å². The molecule has 1 saturated carbocycles. The Morgan fingerprint density at radius 1 is 1.50 bits per heavy atom. The molecule has 0 aromatic carbocycles. The summed E-state index contributed by atoms with van der Waals surface area (Å²) in [7, 11) is 0. The maximum absolute atomic E-state index is 6.03. The monoisotopic (exact) mass is 163 g/mol. The lowest BCUT2D eigenvalue weighted by Gasteiger charge is -2.16. The largest absolute Gasteiger partial charge is 0.322 e. The van der Waals surface area contributed by atoms with Crippen molar-refractivity contribution in [2.45, 2.75) is 25.8 Å². The third kappa shape index (κ3) is 1.20. The Morgan fingerprint density at radius 2 is 2.25 bits per heavy atom. The number of aromatic nitrogens is 2. The van der Waals surface area contributed by atoms with Crippen LogP contribution in [0.25, 0.3) is 0 Å². The van der Waals surface area contributed by atoms with Gasteiger partial charge in [0, 0.05) is 18.6 Å². The Balaban J connectivity index is 2.20. The number of nitrogens with zero attached hydrogens (tertiary/aromatic N) is 2. The van der Waals surface area contributed by atoms with E-state index in [1.807, 2.05) is 0 Å². The predicted octanol–water partition coefficient (Wildman–Crippen LogP) is 1.28. The molecule has 3 nitrogen and oxygen atoms in total. The Kier molecular flexibility index (Phi) is 1.61. The third-order valence-corrected chi connectivity index (χ3v) is 2.69. The van der Waals surface area contributed by atoms with Crippen LogP contribution in [0.4, 0.5) is 0 Å². The fraction of sp³-hybridized carbons (Fsp3) is 0.556. The van der Waals surface area contributed by atoms with Crippen molar-refractivity contribution in [2.24, 2.45) is 11.1 Å². The van der Waals surface area contributed by atoms with Gasteiger partial charge in [-0.05, 0) is 18.3 Å². The molecule has 1 aliphatic carbocycles. The highest BCUT2D eigenvalue weighted by Gasteiger charge is 2.44. The summed E-state index contributed by atoms with van der Waals surface area (Å²) in [6.45, 7) is 2.20. The molecular weight excluding hydrogens is 150 g/mol. The quantitative estimate of drug-likeness (QED) is 0.714. The zero-order valence-corrected chi connectivity index (χ0v) is 7.20. The number of hydrogen-bond acceptors (Lipinski definition) is 3. The van der Waals surface area contributed by atoms with Crippen molar-refractivity contribution >= 4 is 0 Å². The lowest BCUT2D eigenvalue weighted by Crippen LogP contribution is -2.21. The Hall–Kier alpha value is -0.960. The van der Waals surface area contributed by atoms with E-state index in [0.29, 0.717) is 0 Å². The van der Waals surface area contributed by atoms with Crippen molar-refractivity contribution in [1.82, 2.24) is 9.97 Å². The van der Waals surface area contributed by atoms with E-state index in [9.17, 15) is 0 Å². The molecule has 64 valence electrons. The second-order valence-corrected chi connectivity index (χ2v) is 3.76. The first kappa shape index (κ1) is 7.68. The van der Waals surface area contributed by atoms with Crippen LogP contribution in [0.15, 0.2) is 18.6 Å². The minimum Gasteiger partial charge on any atom is -0.322 e. The van der Waals surface area contributed by atoms with Crippen LogP contribution in [0.3, 0.4) is 0 Å². The molecule has 0 bridgehead atoms. The molecule has 0 spiro atoms. The van der Waals surface area contributed by atoms with Gasteiger partial charge in [0.2, 0.25) is 0 Å². The summed E-state index contributed by atoms with van der Waals surface area (Å²) in [6, 6.07) is 0.0613. The van der Waals surface area contributed by atoms with Crippen LogP contribution in [-0.4, -0.2) is 9.97 Å². The molecule has 0 aliphatic heterocycles. The van der Waals surface area contributed by atoms with E-state index >= 15 is 0 Å². The molecule has 1 heterocycles. The van der Waals surface area contributed by atoms with Crippen LogP contribution in [0.2, 0.25) is 0 Å². The average Bonchev–Trinajstić information content (AvgIpc) is 2.85. The zero-order valence-electron chi connectivity index (χ0n) is 7.20. The first-order chi connectivity index (χ1) is 5.72. The van der Waals surface area contributed by atoms with Gasteiger partial charge in [0.15, 0.2) is 0 Å². The second-order valence-electron chi connectivity index (χ2n) is 3.76. The normalized spacial score (nSPS) is 21.8. The van der Waals surface area contributed by atoms with Gasteiger partial charge < -0.3 is 5.73 Å². The van der Waals surface area contributed by atoms with Crippen molar-refractivity contribution in [3.8, 4) is 0 Å². The van der Waals surface area contributed by atoms with E-state index in [-0.39, 0.29) is 11.5 Å². The molecule has 2 N–H and O–H groups in total. The molecule has 1 unspecified atom stereocenters. The number of rotatable bonds is 2. The highest BCUT2D eigenvalue weighted by atomic mass is 14.8. The van der Waals surface area contributed by atoms with Crippen LogP contribution in [0.5, 0.6) is 0 Å². The van der Waals surface area contributed by atoms with Crippen molar-refractivity contribution in [1.29, 1.82) is 0 Å². The first-order valence-corrected chi connectivity index (χ1v) is 4.24. The van der Waals surface area contributed by atoms with Crippen LogP contribution < -0.4 is 5.73 Å². The maximum atomic E-state index is 6.03. The molecule has 1 aliphatic rings. The highest BCUT2D eigenvalue weighted by Crippen LogP contribution is 2.52. The highest BCUT2D eigenvalue weighted by molar-refractivity contribution is 5.11. The molecule has 0 amide bonds. The molecule has 1 atom stereocenters. The molecule has 12 heavy (non-hydrogen) atoms. The lowest BCUT2D eigenvalue weighted by atomic mass is 9.97. The summed E-state index contributed by atoms with van der Waals surface area (Å²) in [5.41, 5.74) is 7.23. The van der Waals surface area contributed by atoms with E-state index in [0.717, 1.165) is 5.69 Å². The van der Waals surface area contributed by atoms with Gasteiger partial charge >= 0.3 is 0 Å².